The van der Waals surface area contributed by atoms with Crippen LogP contribution in [0, 0.1) is 3.57 Å². The van der Waals surface area contributed by atoms with Gasteiger partial charge in [-0.25, -0.2) is 5.43 Å². The van der Waals surface area contributed by atoms with E-state index in [2.05, 4.69) is 40.0 Å². The summed E-state index contributed by atoms with van der Waals surface area (Å²) in [6, 6.07) is 11.1. The lowest BCUT2D eigenvalue weighted by Gasteiger charge is -2.17. The molecule has 0 saturated heterocycles. The van der Waals surface area contributed by atoms with Crippen molar-refractivity contribution in [2.45, 2.75) is 31.3 Å². The molecule has 0 spiro atoms. The number of halogens is 2. The predicted molar refractivity (Wildman–Crippen MR) is 124 cm³/mol. The number of hydrazone groups is 1. The van der Waals surface area contributed by atoms with Gasteiger partial charge in [-0.05, 0) is 77.9 Å². The Balaban J connectivity index is 1.94. The fourth-order valence-electron chi connectivity index (χ4n) is 2.10. The highest BCUT2D eigenvalue weighted by atomic mass is 127. The molecule has 0 saturated carbocycles. The van der Waals surface area contributed by atoms with Crippen molar-refractivity contribution in [3.05, 3.63) is 50.6 Å². The van der Waals surface area contributed by atoms with Crippen LogP contribution in [0.2, 0.25) is 5.02 Å². The van der Waals surface area contributed by atoms with E-state index in [0.717, 1.165) is 26.2 Å². The number of ether oxygens (including phenoxy) is 2. The molecule has 2 aromatic carbocycles. The molecule has 28 heavy (non-hydrogen) atoms. The van der Waals surface area contributed by atoms with Crippen molar-refractivity contribution in [2.24, 2.45) is 5.10 Å². The number of rotatable bonds is 9. The summed E-state index contributed by atoms with van der Waals surface area (Å²) in [5, 5.41) is 4.70. The molecule has 0 aliphatic rings. The average molecular weight is 533 g/mol. The molecule has 2 rings (SSSR count). The summed E-state index contributed by atoms with van der Waals surface area (Å²) < 4.78 is 12.3. The number of amides is 1. The van der Waals surface area contributed by atoms with Crippen LogP contribution in [0.15, 0.2) is 46.4 Å². The number of nitrogens with zero attached hydrogens (tertiary/aromatic N) is 1. The summed E-state index contributed by atoms with van der Waals surface area (Å²) in [4.78, 5) is 12.9. The normalized spacial score (nSPS) is 12.0. The van der Waals surface area contributed by atoms with Crippen molar-refractivity contribution in [2.75, 3.05) is 12.9 Å². The molecular formula is C20H22ClIN2O3S. The molecule has 0 bridgehead atoms. The van der Waals surface area contributed by atoms with Gasteiger partial charge in [0, 0.05) is 9.92 Å². The lowest BCUT2D eigenvalue weighted by atomic mass is 10.2. The highest BCUT2D eigenvalue weighted by Gasteiger charge is 2.13. The van der Waals surface area contributed by atoms with Gasteiger partial charge in [-0.2, -0.15) is 5.10 Å². The number of hydrogen-bond acceptors (Lipinski definition) is 5. The Kier molecular flexibility index (Phi) is 9.40. The second-order valence-electron chi connectivity index (χ2n) is 5.91. The maximum atomic E-state index is 12.0. The van der Waals surface area contributed by atoms with Crippen LogP contribution in [-0.2, 0) is 4.79 Å². The molecule has 0 aliphatic carbocycles. The second-order valence-corrected chi connectivity index (χ2v) is 8.55. The Morgan fingerprint density at radius 2 is 2.07 bits per heavy atom. The monoisotopic (exact) mass is 532 g/mol. The van der Waals surface area contributed by atoms with Crippen LogP contribution in [-0.4, -0.2) is 31.1 Å². The van der Waals surface area contributed by atoms with Crippen LogP contribution in [0.1, 0.15) is 25.8 Å². The van der Waals surface area contributed by atoms with Crippen LogP contribution >= 0.6 is 46.0 Å². The first-order chi connectivity index (χ1) is 13.4. The summed E-state index contributed by atoms with van der Waals surface area (Å²) in [6.45, 7) is 4.08. The Morgan fingerprint density at radius 1 is 1.36 bits per heavy atom. The number of thioether (sulfide) groups is 1. The molecule has 0 unspecified atom stereocenters. The van der Waals surface area contributed by atoms with Crippen molar-refractivity contribution < 1.29 is 14.3 Å². The molecule has 8 heteroatoms. The maximum absolute atomic E-state index is 12.0. The maximum Gasteiger partial charge on any atom is 0.250 e. The molecule has 1 amide bonds. The van der Waals surface area contributed by atoms with Gasteiger partial charge in [0.25, 0.3) is 0 Å². The fourth-order valence-corrected chi connectivity index (χ4v) is 3.67. The summed E-state index contributed by atoms with van der Waals surface area (Å²) in [5.41, 5.74) is 3.34. The van der Waals surface area contributed by atoms with E-state index < -0.39 is 0 Å². The number of nitrogens with one attached hydrogen (secondary N) is 1. The van der Waals surface area contributed by atoms with Crippen LogP contribution in [0.3, 0.4) is 0 Å². The quantitative estimate of drug-likeness (QED) is 0.204. The molecule has 0 radical (unpaired) electrons. The smallest absolute Gasteiger partial charge is 0.250 e. The molecular weight excluding hydrogens is 511 g/mol. The molecule has 0 aromatic heterocycles. The van der Waals surface area contributed by atoms with E-state index in [9.17, 15) is 4.79 Å². The number of methoxy groups -OCH3 is 1. The molecule has 2 aromatic rings. The van der Waals surface area contributed by atoms with E-state index in [0.29, 0.717) is 10.8 Å². The minimum Gasteiger partial charge on any atom is -0.493 e. The standard InChI is InChI=1S/C20H22ClIN2O3S/c1-4-13(2)27-20-17(22)9-14(10-18(20)26-3)11-23-24-19(25)12-28-16-7-5-15(21)6-8-16/h5-11,13H,4,12H2,1-3H3,(H,24,25)/b23-11-/t13-/m1/s1. The average Bonchev–Trinajstić information content (AvgIpc) is 2.69. The number of benzene rings is 2. The summed E-state index contributed by atoms with van der Waals surface area (Å²) in [7, 11) is 1.60. The Labute approximate surface area is 188 Å². The Hall–Kier alpha value is -1.45. The molecule has 1 atom stereocenters. The summed E-state index contributed by atoms with van der Waals surface area (Å²) in [5.74, 6) is 1.44. The SMILES string of the molecule is CC[C@@H](C)Oc1c(I)cc(/C=N\NC(=O)CSc2ccc(Cl)cc2)cc1OC. The van der Waals surface area contributed by atoms with Crippen molar-refractivity contribution in [3.63, 3.8) is 0 Å². The van der Waals surface area contributed by atoms with Gasteiger partial charge in [-0.3, -0.25) is 4.79 Å². The van der Waals surface area contributed by atoms with Crippen molar-refractivity contribution in [1.29, 1.82) is 0 Å². The first kappa shape index (κ1) is 22.8. The van der Waals surface area contributed by atoms with E-state index in [1.165, 1.54) is 11.8 Å². The Bertz CT molecular complexity index is 831. The van der Waals surface area contributed by atoms with Gasteiger partial charge >= 0.3 is 0 Å². The third-order valence-corrected chi connectivity index (χ3v) is 5.80. The predicted octanol–water partition coefficient (Wildman–Crippen LogP) is 5.37. The van der Waals surface area contributed by atoms with Gasteiger partial charge in [0.15, 0.2) is 11.5 Å². The zero-order valence-electron chi connectivity index (χ0n) is 15.9. The van der Waals surface area contributed by atoms with Crippen LogP contribution in [0.25, 0.3) is 0 Å². The molecule has 0 fully saturated rings. The van der Waals surface area contributed by atoms with E-state index >= 15 is 0 Å². The topological polar surface area (TPSA) is 59.9 Å². The first-order valence-corrected chi connectivity index (χ1v) is 11.1. The van der Waals surface area contributed by atoms with Crippen molar-refractivity contribution in [3.8, 4) is 11.5 Å². The van der Waals surface area contributed by atoms with Gasteiger partial charge < -0.3 is 9.47 Å². The van der Waals surface area contributed by atoms with Gasteiger partial charge in [0.1, 0.15) is 0 Å². The minimum absolute atomic E-state index is 0.0966. The molecule has 1 N–H and O–H groups in total. The molecule has 0 aliphatic heterocycles. The molecule has 150 valence electrons. The highest BCUT2D eigenvalue weighted by molar-refractivity contribution is 14.1. The molecule has 5 nitrogen and oxygen atoms in total. The number of carbonyl (C=O) groups is 1. The Morgan fingerprint density at radius 3 is 2.71 bits per heavy atom. The van der Waals surface area contributed by atoms with Gasteiger partial charge in [0.05, 0.1) is 28.8 Å². The number of hydrogen-bond donors (Lipinski definition) is 1. The zero-order valence-corrected chi connectivity index (χ0v) is 19.6. The lowest BCUT2D eigenvalue weighted by molar-refractivity contribution is -0.118. The van der Waals surface area contributed by atoms with Gasteiger partial charge in [-0.15, -0.1) is 11.8 Å². The zero-order chi connectivity index (χ0) is 20.5. The third-order valence-electron chi connectivity index (χ3n) is 3.73. The largest absolute Gasteiger partial charge is 0.493 e. The summed E-state index contributed by atoms with van der Waals surface area (Å²) >= 11 is 9.48. The van der Waals surface area contributed by atoms with E-state index in [-0.39, 0.29) is 17.8 Å². The van der Waals surface area contributed by atoms with Gasteiger partial charge in [0.2, 0.25) is 5.91 Å². The van der Waals surface area contributed by atoms with E-state index in [1.54, 1.807) is 25.5 Å². The lowest BCUT2D eigenvalue weighted by Crippen LogP contribution is -2.19. The van der Waals surface area contributed by atoms with Crippen LogP contribution in [0.4, 0.5) is 0 Å². The van der Waals surface area contributed by atoms with Crippen molar-refractivity contribution in [1.82, 2.24) is 5.43 Å². The van der Waals surface area contributed by atoms with Crippen molar-refractivity contribution >= 4 is 58.1 Å². The van der Waals surface area contributed by atoms with Crippen LogP contribution in [0.5, 0.6) is 11.5 Å². The fraction of sp³-hybridized carbons (Fsp3) is 0.300. The third kappa shape index (κ3) is 7.18. The van der Waals surface area contributed by atoms with Gasteiger partial charge in [-0.1, -0.05) is 18.5 Å². The second kappa shape index (κ2) is 11.5. The molecule has 0 heterocycles. The highest BCUT2D eigenvalue weighted by Crippen LogP contribution is 2.34. The van der Waals surface area contributed by atoms with E-state index in [4.69, 9.17) is 21.1 Å². The number of carbonyl (C=O) groups excluding carboxylic acids is 1. The van der Waals surface area contributed by atoms with E-state index in [1.807, 2.05) is 31.2 Å². The minimum atomic E-state index is -0.186. The van der Waals surface area contributed by atoms with Crippen LogP contribution < -0.4 is 14.9 Å². The summed E-state index contributed by atoms with van der Waals surface area (Å²) in [6.07, 6.45) is 2.59. The first-order valence-electron chi connectivity index (χ1n) is 8.67.